The van der Waals surface area contributed by atoms with Gasteiger partial charge in [0.2, 0.25) is 12.0 Å². The first-order valence-electron chi connectivity index (χ1n) is 9.33. The number of hydrogen-bond donors (Lipinski definition) is 8. The molecule has 0 aliphatic carbocycles. The Morgan fingerprint density at radius 2 is 1.45 bits per heavy atom. The highest BCUT2D eigenvalue weighted by atomic mass is 16.7. The summed E-state index contributed by atoms with van der Waals surface area (Å²) in [4.78, 5) is 23.0. The molecule has 2 aromatic carbocycles. The number of rotatable bonds is 6. The van der Waals surface area contributed by atoms with Gasteiger partial charge in [-0.3, -0.25) is 4.79 Å². The molecule has 1 aliphatic rings. The third-order valence-corrected chi connectivity index (χ3v) is 4.79. The number of ether oxygens (including phenoxy) is 3. The molecule has 8 N–H and O–H groups in total. The van der Waals surface area contributed by atoms with E-state index in [2.05, 4.69) is 0 Å². The molecule has 5 atom stereocenters. The number of aliphatic hydroxyl groups excluding tert-OH is 3. The number of aromatic hydroxyl groups is 5. The Bertz CT molecular complexity index is 1010. The molecule has 0 unspecified atom stereocenters. The van der Waals surface area contributed by atoms with Crippen LogP contribution in [0, 0.1) is 0 Å². The van der Waals surface area contributed by atoms with Gasteiger partial charge in [-0.2, -0.15) is 0 Å². The quantitative estimate of drug-likeness (QED) is 0.146. The summed E-state index contributed by atoms with van der Waals surface area (Å²) >= 11 is 0. The number of carbonyl (C=O) groups is 2. The number of aliphatic hydroxyl groups is 3. The first kappa shape index (κ1) is 23.9. The van der Waals surface area contributed by atoms with Gasteiger partial charge in [0, 0.05) is 5.56 Å². The van der Waals surface area contributed by atoms with E-state index >= 15 is 0 Å². The Morgan fingerprint density at radius 3 is 2.00 bits per heavy atom. The topological polar surface area (TPSA) is 224 Å². The fourth-order valence-electron chi connectivity index (χ4n) is 3.04. The maximum absolute atomic E-state index is 12.2. The number of carbonyl (C=O) groups excluding carboxylic acids is 2. The van der Waals surface area contributed by atoms with Crippen LogP contribution >= 0.6 is 0 Å². The average molecular weight is 468 g/mol. The molecule has 0 radical (unpaired) electrons. The lowest BCUT2D eigenvalue weighted by atomic mass is 9.99. The van der Waals surface area contributed by atoms with E-state index in [0.717, 1.165) is 24.3 Å². The molecule has 3 rings (SSSR count). The van der Waals surface area contributed by atoms with Crippen molar-refractivity contribution in [2.75, 3.05) is 6.61 Å². The molecule has 1 aliphatic heterocycles. The molecule has 178 valence electrons. The third kappa shape index (κ3) is 4.85. The van der Waals surface area contributed by atoms with Crippen molar-refractivity contribution in [3.63, 3.8) is 0 Å². The predicted octanol–water partition coefficient (Wildman–Crippen LogP) is -0.930. The van der Waals surface area contributed by atoms with Crippen LogP contribution < -0.4 is 4.74 Å². The Balaban J connectivity index is 1.73. The fourth-order valence-corrected chi connectivity index (χ4v) is 3.04. The first-order chi connectivity index (χ1) is 15.5. The van der Waals surface area contributed by atoms with Gasteiger partial charge >= 0.3 is 5.97 Å². The van der Waals surface area contributed by atoms with Gasteiger partial charge in [-0.25, -0.2) is 4.79 Å². The van der Waals surface area contributed by atoms with Crippen LogP contribution in [0.25, 0.3) is 0 Å². The van der Waals surface area contributed by atoms with Gasteiger partial charge in [-0.15, -0.1) is 0 Å². The number of aldehydes is 1. The maximum Gasteiger partial charge on any atom is 0.338 e. The summed E-state index contributed by atoms with van der Waals surface area (Å²) in [6.07, 6.45) is -8.33. The van der Waals surface area contributed by atoms with Crippen LogP contribution in [0.4, 0.5) is 0 Å². The van der Waals surface area contributed by atoms with Crippen LogP contribution in [0.15, 0.2) is 24.3 Å². The van der Waals surface area contributed by atoms with Crippen LogP contribution in [-0.4, -0.2) is 90.4 Å². The zero-order valence-corrected chi connectivity index (χ0v) is 16.6. The van der Waals surface area contributed by atoms with E-state index in [1.165, 1.54) is 0 Å². The minimum atomic E-state index is -1.86. The van der Waals surface area contributed by atoms with E-state index in [1.54, 1.807) is 0 Å². The second-order valence-corrected chi connectivity index (χ2v) is 7.10. The molecular weight excluding hydrogens is 448 g/mol. The van der Waals surface area contributed by atoms with Crippen LogP contribution in [0.2, 0.25) is 0 Å². The first-order valence-corrected chi connectivity index (χ1v) is 9.33. The summed E-state index contributed by atoms with van der Waals surface area (Å²) in [5.74, 6) is -5.46. The number of benzene rings is 2. The Morgan fingerprint density at radius 1 is 0.879 bits per heavy atom. The molecule has 13 nitrogen and oxygen atoms in total. The molecule has 0 bridgehead atoms. The van der Waals surface area contributed by atoms with Crippen molar-refractivity contribution in [2.45, 2.75) is 30.7 Å². The molecule has 2 aromatic rings. The molecule has 33 heavy (non-hydrogen) atoms. The predicted molar refractivity (Wildman–Crippen MR) is 104 cm³/mol. The van der Waals surface area contributed by atoms with E-state index in [4.69, 9.17) is 14.2 Å². The highest BCUT2D eigenvalue weighted by Gasteiger charge is 2.46. The van der Waals surface area contributed by atoms with Crippen LogP contribution in [0.1, 0.15) is 20.7 Å². The monoisotopic (exact) mass is 468 g/mol. The highest BCUT2D eigenvalue weighted by Crippen LogP contribution is 2.39. The van der Waals surface area contributed by atoms with Crippen LogP contribution in [0.3, 0.4) is 0 Å². The molecule has 13 heteroatoms. The minimum Gasteiger partial charge on any atom is -0.504 e. The van der Waals surface area contributed by atoms with Gasteiger partial charge in [-0.05, 0) is 24.3 Å². The van der Waals surface area contributed by atoms with E-state index in [9.17, 15) is 50.4 Å². The van der Waals surface area contributed by atoms with Gasteiger partial charge in [0.1, 0.15) is 37.3 Å². The van der Waals surface area contributed by atoms with Crippen molar-refractivity contribution in [1.82, 2.24) is 0 Å². The Hall–Kier alpha value is -3.78. The van der Waals surface area contributed by atoms with Gasteiger partial charge in [0.15, 0.2) is 28.7 Å². The molecule has 0 saturated carbocycles. The largest absolute Gasteiger partial charge is 0.504 e. The number of phenolic OH excluding ortho intramolecular Hbond substituents is 5. The maximum atomic E-state index is 12.2. The summed E-state index contributed by atoms with van der Waals surface area (Å²) in [5.41, 5.74) is -0.430. The van der Waals surface area contributed by atoms with Crippen molar-refractivity contribution in [2.24, 2.45) is 0 Å². The lowest BCUT2D eigenvalue weighted by Crippen LogP contribution is -2.60. The van der Waals surface area contributed by atoms with E-state index < -0.39 is 77.8 Å². The van der Waals surface area contributed by atoms with Crippen LogP contribution in [0.5, 0.6) is 34.5 Å². The van der Waals surface area contributed by atoms with Crippen molar-refractivity contribution in [3.05, 3.63) is 35.4 Å². The lowest BCUT2D eigenvalue weighted by molar-refractivity contribution is -0.277. The number of hydrogen-bond acceptors (Lipinski definition) is 13. The van der Waals surface area contributed by atoms with E-state index in [1.807, 2.05) is 0 Å². The van der Waals surface area contributed by atoms with Gasteiger partial charge in [-0.1, -0.05) is 0 Å². The Kier molecular flexibility index (Phi) is 6.78. The highest BCUT2D eigenvalue weighted by molar-refractivity contribution is 5.91. The standard InChI is InChI=1S/C20H20O13/c21-5-7-1-11(24)18(12(25)2-7)33-20-17(29)16(28)15(27)13(32-20)6-31-19(30)8-3-9(22)14(26)10(23)4-8/h1-5,13,15-17,20,22-29H,6H2/t13-,15-,16+,17-,20+/m1/s1. The van der Waals surface area contributed by atoms with E-state index in [-0.39, 0.29) is 11.1 Å². The lowest BCUT2D eigenvalue weighted by Gasteiger charge is -2.39. The molecule has 1 heterocycles. The fraction of sp³-hybridized carbons (Fsp3) is 0.300. The molecule has 1 saturated heterocycles. The van der Waals surface area contributed by atoms with Crippen molar-refractivity contribution >= 4 is 12.3 Å². The van der Waals surface area contributed by atoms with Crippen molar-refractivity contribution in [1.29, 1.82) is 0 Å². The second-order valence-electron chi connectivity index (χ2n) is 7.10. The summed E-state index contributed by atoms with van der Waals surface area (Å²) < 4.78 is 15.5. The summed E-state index contributed by atoms with van der Waals surface area (Å²) in [5, 5.41) is 78.6. The van der Waals surface area contributed by atoms with Gasteiger partial charge in [0.05, 0.1) is 5.56 Å². The van der Waals surface area contributed by atoms with Crippen molar-refractivity contribution < 1.29 is 64.7 Å². The summed E-state index contributed by atoms with van der Waals surface area (Å²) in [6, 6.07) is 3.55. The summed E-state index contributed by atoms with van der Waals surface area (Å²) in [6.45, 7) is -0.700. The van der Waals surface area contributed by atoms with Crippen LogP contribution in [-0.2, 0) is 9.47 Å². The molecule has 0 spiro atoms. The molecule has 0 amide bonds. The zero-order valence-electron chi connectivity index (χ0n) is 16.6. The van der Waals surface area contributed by atoms with E-state index in [0.29, 0.717) is 6.29 Å². The molecular formula is C20H20O13. The Labute approximate surface area is 184 Å². The van der Waals surface area contributed by atoms with Crippen molar-refractivity contribution in [3.8, 4) is 34.5 Å². The number of esters is 1. The summed E-state index contributed by atoms with van der Waals surface area (Å²) in [7, 11) is 0. The van der Waals surface area contributed by atoms with Gasteiger partial charge in [0.25, 0.3) is 0 Å². The molecule has 0 aromatic heterocycles. The average Bonchev–Trinajstić information content (AvgIpc) is 2.78. The second kappa shape index (κ2) is 9.38. The number of phenols is 5. The normalized spacial score (nSPS) is 24.8. The smallest absolute Gasteiger partial charge is 0.338 e. The molecule has 1 fully saturated rings. The van der Waals surface area contributed by atoms with Gasteiger partial charge < -0.3 is 55.1 Å². The third-order valence-electron chi connectivity index (χ3n) is 4.79. The minimum absolute atomic E-state index is 0.0750. The zero-order chi connectivity index (χ0) is 24.4. The SMILES string of the molecule is O=Cc1cc(O)c(O[C@@H]2O[C@H](COC(=O)c3cc(O)c(O)c(O)c3)[C@@H](O)[C@H](O)[C@H]2O)c(O)c1.